The van der Waals surface area contributed by atoms with Gasteiger partial charge in [-0.15, -0.1) is 0 Å². The highest BCUT2D eigenvalue weighted by atomic mass is 16.5. The molecule has 164 valence electrons. The average molecular weight is 423 g/mol. The Morgan fingerprint density at radius 3 is 2.87 bits per heavy atom. The minimum atomic E-state index is 0.00557. The second-order valence-corrected chi connectivity index (χ2v) is 9.27. The first kappa shape index (κ1) is 20.1. The molecule has 5 rings (SSSR count). The van der Waals surface area contributed by atoms with E-state index < -0.39 is 0 Å². The van der Waals surface area contributed by atoms with E-state index >= 15 is 0 Å². The fourth-order valence-corrected chi connectivity index (χ4v) is 5.93. The maximum Gasteiger partial charge on any atom is 0.274 e. The van der Waals surface area contributed by atoms with Crippen molar-refractivity contribution >= 4 is 11.8 Å². The average Bonchev–Trinajstić information content (AvgIpc) is 3.22. The lowest BCUT2D eigenvalue weighted by Gasteiger charge is -2.56. The van der Waals surface area contributed by atoms with E-state index in [0.717, 1.165) is 31.4 Å². The number of hydrogen-bond acceptors (Lipinski definition) is 4. The topological polar surface area (TPSA) is 67.7 Å². The quantitative estimate of drug-likeness (QED) is 0.759. The monoisotopic (exact) mass is 422 g/mol. The minimum absolute atomic E-state index is 0.00557. The fourth-order valence-electron chi connectivity index (χ4n) is 5.93. The van der Waals surface area contributed by atoms with Crippen molar-refractivity contribution in [1.29, 1.82) is 0 Å². The second-order valence-electron chi connectivity index (χ2n) is 9.27. The van der Waals surface area contributed by atoms with Gasteiger partial charge in [0.15, 0.2) is 0 Å². The number of benzene rings is 1. The zero-order chi connectivity index (χ0) is 21.5. The molecule has 3 fully saturated rings. The number of aryl methyl sites for hydroxylation is 1. The van der Waals surface area contributed by atoms with Crippen molar-refractivity contribution in [2.75, 3.05) is 20.2 Å². The molecule has 7 heteroatoms. The highest BCUT2D eigenvalue weighted by molar-refractivity contribution is 5.92. The van der Waals surface area contributed by atoms with E-state index in [0.29, 0.717) is 31.1 Å². The first-order chi connectivity index (χ1) is 15.0. The summed E-state index contributed by atoms with van der Waals surface area (Å²) in [5, 5.41) is 0. The molecule has 0 saturated carbocycles. The molecule has 4 atom stereocenters. The Kier molecular flexibility index (Phi) is 5.20. The Morgan fingerprint density at radius 1 is 1.26 bits per heavy atom. The van der Waals surface area contributed by atoms with Gasteiger partial charge in [0.25, 0.3) is 5.91 Å². The van der Waals surface area contributed by atoms with Gasteiger partial charge < -0.3 is 19.1 Å². The van der Waals surface area contributed by atoms with Crippen molar-refractivity contribution in [3.8, 4) is 5.75 Å². The number of ether oxygens (including phenoxy) is 1. The zero-order valence-electron chi connectivity index (χ0n) is 18.2. The number of carbonyl (C=O) groups excluding carboxylic acids is 2. The lowest BCUT2D eigenvalue weighted by atomic mass is 9.70. The second kappa shape index (κ2) is 8.02. The van der Waals surface area contributed by atoms with Crippen molar-refractivity contribution in [2.45, 2.75) is 44.2 Å². The number of methoxy groups -OCH3 is 1. The summed E-state index contributed by atoms with van der Waals surface area (Å²) in [6.45, 7) is 1.39. The van der Waals surface area contributed by atoms with E-state index in [1.807, 2.05) is 28.6 Å². The number of amides is 2. The molecule has 3 aliphatic rings. The Hall–Kier alpha value is -2.83. The van der Waals surface area contributed by atoms with Crippen LogP contribution < -0.4 is 4.74 Å². The molecule has 0 radical (unpaired) electrons. The van der Waals surface area contributed by atoms with Crippen LogP contribution in [0.5, 0.6) is 5.75 Å². The Balaban J connectivity index is 1.44. The van der Waals surface area contributed by atoms with Gasteiger partial charge >= 0.3 is 0 Å². The van der Waals surface area contributed by atoms with Crippen LogP contribution in [0.2, 0.25) is 0 Å². The summed E-state index contributed by atoms with van der Waals surface area (Å²) in [7, 11) is 3.56. The molecule has 31 heavy (non-hydrogen) atoms. The molecule has 0 aliphatic carbocycles. The number of nitrogens with zero attached hydrogens (tertiary/aromatic N) is 4. The standard InChI is InChI=1S/C24H30N4O3/c1-26-14-20(25-15-26)24(30)27-12-17-11-18(13-27)22(28-21(17)7-4-8-23(28)29)10-16-5-3-6-19(9-16)31-2/h3,5-6,9,14-15,17-18,21-22H,4,7-8,10-13H2,1-2H3/t17-,18+,21+,22+/m1/s1. The highest BCUT2D eigenvalue weighted by Gasteiger charge is 2.50. The third-order valence-corrected chi connectivity index (χ3v) is 7.29. The minimum Gasteiger partial charge on any atom is -0.497 e. The van der Waals surface area contributed by atoms with E-state index in [9.17, 15) is 9.59 Å². The maximum atomic E-state index is 13.2. The van der Waals surface area contributed by atoms with Gasteiger partial charge in [-0.05, 0) is 55.2 Å². The van der Waals surface area contributed by atoms with Crippen LogP contribution in [0.25, 0.3) is 0 Å². The molecule has 1 aromatic heterocycles. The molecule has 3 aliphatic heterocycles. The summed E-state index contributed by atoms with van der Waals surface area (Å²) in [6, 6.07) is 8.47. The van der Waals surface area contributed by atoms with E-state index in [-0.39, 0.29) is 29.8 Å². The number of rotatable bonds is 4. The highest BCUT2D eigenvalue weighted by Crippen LogP contribution is 2.43. The van der Waals surface area contributed by atoms with E-state index in [1.54, 1.807) is 19.6 Å². The van der Waals surface area contributed by atoms with Gasteiger partial charge in [0, 0.05) is 44.8 Å². The first-order valence-electron chi connectivity index (χ1n) is 11.2. The SMILES string of the molecule is COc1cccc(C[C@H]2[C@H]3C[C@H](CN(C(=O)c4cn(C)cn4)C3)[C@@H]3CCCC(=O)N32)c1. The van der Waals surface area contributed by atoms with Gasteiger partial charge in [-0.1, -0.05) is 12.1 Å². The molecule has 0 unspecified atom stereocenters. The molecule has 3 saturated heterocycles. The summed E-state index contributed by atoms with van der Waals surface area (Å²) < 4.78 is 7.22. The van der Waals surface area contributed by atoms with Gasteiger partial charge in [0.1, 0.15) is 11.4 Å². The van der Waals surface area contributed by atoms with Crippen molar-refractivity contribution < 1.29 is 14.3 Å². The van der Waals surface area contributed by atoms with Crippen LogP contribution in [0.15, 0.2) is 36.8 Å². The smallest absolute Gasteiger partial charge is 0.274 e. The van der Waals surface area contributed by atoms with Crippen LogP contribution in [-0.2, 0) is 18.3 Å². The molecule has 1 aromatic carbocycles. The number of carbonyl (C=O) groups is 2. The predicted octanol–water partition coefficient (Wildman–Crippen LogP) is 2.51. The molecule has 4 heterocycles. The number of piperidine rings is 3. The summed E-state index contributed by atoms with van der Waals surface area (Å²) in [6.07, 6.45) is 7.95. The molecule has 2 aromatic rings. The van der Waals surface area contributed by atoms with Crippen LogP contribution in [0.3, 0.4) is 0 Å². The summed E-state index contributed by atoms with van der Waals surface area (Å²) in [4.78, 5) is 34.7. The van der Waals surface area contributed by atoms with Crippen LogP contribution >= 0.6 is 0 Å². The molecule has 7 nitrogen and oxygen atoms in total. The van der Waals surface area contributed by atoms with E-state index in [1.165, 1.54) is 5.56 Å². The lowest BCUT2D eigenvalue weighted by molar-refractivity contribution is -0.151. The number of fused-ring (bicyclic) bond motifs is 4. The van der Waals surface area contributed by atoms with Gasteiger partial charge in [-0.2, -0.15) is 0 Å². The molecule has 0 N–H and O–H groups in total. The Morgan fingerprint density at radius 2 is 2.10 bits per heavy atom. The number of aromatic nitrogens is 2. The maximum absolute atomic E-state index is 13.2. The number of hydrogen-bond donors (Lipinski definition) is 0. The third kappa shape index (κ3) is 3.70. The molecule has 2 amide bonds. The van der Waals surface area contributed by atoms with Gasteiger partial charge in [0.2, 0.25) is 5.91 Å². The van der Waals surface area contributed by atoms with Crippen LogP contribution in [0.4, 0.5) is 0 Å². The Labute approximate surface area is 183 Å². The summed E-state index contributed by atoms with van der Waals surface area (Å²) in [5.41, 5.74) is 1.68. The fraction of sp³-hybridized carbons (Fsp3) is 0.542. The zero-order valence-corrected chi connectivity index (χ0v) is 18.2. The van der Waals surface area contributed by atoms with Gasteiger partial charge in [-0.3, -0.25) is 9.59 Å². The largest absolute Gasteiger partial charge is 0.497 e. The van der Waals surface area contributed by atoms with Crippen LogP contribution in [-0.4, -0.2) is 63.4 Å². The van der Waals surface area contributed by atoms with Crippen molar-refractivity contribution in [3.63, 3.8) is 0 Å². The van der Waals surface area contributed by atoms with Crippen molar-refractivity contribution in [2.24, 2.45) is 18.9 Å². The molecular weight excluding hydrogens is 392 g/mol. The van der Waals surface area contributed by atoms with Gasteiger partial charge in [-0.25, -0.2) is 4.98 Å². The van der Waals surface area contributed by atoms with Gasteiger partial charge in [0.05, 0.1) is 13.4 Å². The van der Waals surface area contributed by atoms with Crippen LogP contribution in [0.1, 0.15) is 41.7 Å². The lowest BCUT2D eigenvalue weighted by Crippen LogP contribution is -2.66. The number of likely N-dealkylation sites (tertiary alicyclic amines) is 1. The normalized spacial score (nSPS) is 27.7. The van der Waals surface area contributed by atoms with Crippen molar-refractivity contribution in [1.82, 2.24) is 19.4 Å². The molecular formula is C24H30N4O3. The summed E-state index contributed by atoms with van der Waals surface area (Å²) in [5.74, 6) is 1.74. The molecule has 2 bridgehead atoms. The number of imidazole rings is 1. The van der Waals surface area contributed by atoms with Crippen molar-refractivity contribution in [3.05, 3.63) is 48.0 Å². The third-order valence-electron chi connectivity index (χ3n) is 7.29. The summed E-state index contributed by atoms with van der Waals surface area (Å²) >= 11 is 0. The van der Waals surface area contributed by atoms with Crippen LogP contribution in [0, 0.1) is 11.8 Å². The predicted molar refractivity (Wildman–Crippen MR) is 116 cm³/mol. The Bertz CT molecular complexity index is 987. The molecule has 0 spiro atoms. The van der Waals surface area contributed by atoms with E-state index in [2.05, 4.69) is 22.0 Å². The first-order valence-corrected chi connectivity index (χ1v) is 11.2. The van der Waals surface area contributed by atoms with E-state index in [4.69, 9.17) is 4.74 Å².